The molecule has 25 heavy (non-hydrogen) atoms. The lowest BCUT2D eigenvalue weighted by Gasteiger charge is -2.41. The van der Waals surface area contributed by atoms with Gasteiger partial charge in [-0.05, 0) is 18.9 Å². The molecule has 6 nitrogen and oxygen atoms in total. The number of carbonyl (C=O) groups excluding carboxylic acids is 1. The van der Waals surface area contributed by atoms with Crippen LogP contribution in [0.25, 0.3) is 4.96 Å². The third kappa shape index (κ3) is 3.29. The number of imidazole rings is 1. The van der Waals surface area contributed by atoms with Crippen LogP contribution in [-0.4, -0.2) is 40.1 Å². The molecule has 0 saturated carbocycles. The highest BCUT2D eigenvalue weighted by Gasteiger charge is 2.43. The van der Waals surface area contributed by atoms with E-state index in [0.717, 1.165) is 41.6 Å². The van der Waals surface area contributed by atoms with Crippen LogP contribution in [-0.2, 0) is 17.6 Å². The van der Waals surface area contributed by atoms with Gasteiger partial charge in [-0.3, -0.25) is 4.79 Å². The molecule has 1 aromatic carbocycles. The van der Waals surface area contributed by atoms with Crippen molar-refractivity contribution in [2.45, 2.75) is 19.8 Å². The molecule has 0 spiro atoms. The topological polar surface area (TPSA) is 71.3 Å². The van der Waals surface area contributed by atoms with E-state index in [2.05, 4.69) is 32.8 Å². The van der Waals surface area contributed by atoms with Gasteiger partial charge in [-0.15, -0.1) is 0 Å². The Kier molecular flexibility index (Phi) is 4.27. The Morgan fingerprint density at radius 1 is 1.36 bits per heavy atom. The normalized spacial score (nSPS) is 15.9. The van der Waals surface area contributed by atoms with Crippen LogP contribution >= 0.6 is 11.3 Å². The number of rotatable bonds is 6. The molecule has 0 bridgehead atoms. The number of aryl methyl sites for hydroxylation is 1. The molecule has 0 atom stereocenters. The van der Waals surface area contributed by atoms with Crippen molar-refractivity contribution in [3.05, 3.63) is 52.8 Å². The van der Waals surface area contributed by atoms with Gasteiger partial charge in [0.05, 0.1) is 17.3 Å². The fourth-order valence-corrected chi connectivity index (χ4v) is 3.98. The minimum atomic E-state index is -0.325. The first-order chi connectivity index (χ1) is 12.1. The van der Waals surface area contributed by atoms with Crippen LogP contribution in [0.1, 0.15) is 16.3 Å². The predicted molar refractivity (Wildman–Crippen MR) is 97.8 cm³/mol. The summed E-state index contributed by atoms with van der Waals surface area (Å²) in [6.45, 7) is 4.03. The van der Waals surface area contributed by atoms with Gasteiger partial charge >= 0.3 is 0 Å². The van der Waals surface area contributed by atoms with E-state index in [-0.39, 0.29) is 11.3 Å². The summed E-state index contributed by atoms with van der Waals surface area (Å²) in [4.78, 5) is 18.2. The minimum Gasteiger partial charge on any atom is -0.355 e. The first-order valence-corrected chi connectivity index (χ1v) is 9.31. The van der Waals surface area contributed by atoms with Crippen molar-refractivity contribution >= 4 is 22.2 Å². The summed E-state index contributed by atoms with van der Waals surface area (Å²) in [5.41, 5.74) is 1.84. The Labute approximate surface area is 150 Å². The third-order valence-electron chi connectivity index (χ3n) is 4.65. The lowest BCUT2D eigenvalue weighted by Crippen LogP contribution is -2.62. The smallest absolute Gasteiger partial charge is 0.229 e. The summed E-state index contributed by atoms with van der Waals surface area (Å²) in [6.07, 6.45) is 3.43. The zero-order chi connectivity index (χ0) is 17.3. The zero-order valence-corrected chi connectivity index (χ0v) is 15.0. The molecule has 1 saturated heterocycles. The van der Waals surface area contributed by atoms with Crippen molar-refractivity contribution in [1.29, 1.82) is 0 Å². The Morgan fingerprint density at radius 2 is 2.16 bits per heavy atom. The SMILES string of the molecule is Cc1nn2cc(CCNC(=O)C3(Cc4ccccc4)CNC3)nc2s1. The third-order valence-corrected chi connectivity index (χ3v) is 5.49. The van der Waals surface area contributed by atoms with Crippen LogP contribution in [0, 0.1) is 12.3 Å². The van der Waals surface area contributed by atoms with Crippen LogP contribution in [0.2, 0.25) is 0 Å². The lowest BCUT2D eigenvalue weighted by molar-refractivity contribution is -0.133. The van der Waals surface area contributed by atoms with Crippen molar-refractivity contribution < 1.29 is 4.79 Å². The van der Waals surface area contributed by atoms with Gasteiger partial charge in [-0.25, -0.2) is 9.50 Å². The molecule has 1 aliphatic rings. The number of hydrogen-bond donors (Lipinski definition) is 2. The van der Waals surface area contributed by atoms with Gasteiger partial charge in [0.2, 0.25) is 10.9 Å². The number of aromatic nitrogens is 3. The Morgan fingerprint density at radius 3 is 2.84 bits per heavy atom. The number of hydrogen-bond acceptors (Lipinski definition) is 5. The molecule has 0 unspecified atom stereocenters. The van der Waals surface area contributed by atoms with Crippen molar-refractivity contribution in [3.8, 4) is 0 Å². The highest BCUT2D eigenvalue weighted by molar-refractivity contribution is 7.16. The second-order valence-electron chi connectivity index (χ2n) is 6.63. The van der Waals surface area contributed by atoms with E-state index < -0.39 is 0 Å². The van der Waals surface area contributed by atoms with Crippen LogP contribution in [0.5, 0.6) is 0 Å². The summed E-state index contributed by atoms with van der Waals surface area (Å²) in [6, 6.07) is 10.2. The van der Waals surface area contributed by atoms with Crippen LogP contribution in [0.15, 0.2) is 36.5 Å². The number of nitrogens with zero attached hydrogens (tertiary/aromatic N) is 3. The molecule has 0 aliphatic carbocycles. The van der Waals surface area contributed by atoms with Crippen molar-refractivity contribution in [2.24, 2.45) is 5.41 Å². The van der Waals surface area contributed by atoms with Crippen molar-refractivity contribution in [3.63, 3.8) is 0 Å². The van der Waals surface area contributed by atoms with Crippen LogP contribution in [0.3, 0.4) is 0 Å². The van der Waals surface area contributed by atoms with Gasteiger partial charge < -0.3 is 10.6 Å². The highest BCUT2D eigenvalue weighted by Crippen LogP contribution is 2.28. The van der Waals surface area contributed by atoms with Gasteiger partial charge in [0, 0.05) is 26.1 Å². The number of nitrogens with one attached hydrogen (secondary N) is 2. The van der Waals surface area contributed by atoms with Crippen molar-refractivity contribution in [1.82, 2.24) is 25.2 Å². The maximum Gasteiger partial charge on any atom is 0.229 e. The molecule has 3 heterocycles. The molecule has 130 valence electrons. The molecule has 0 radical (unpaired) electrons. The van der Waals surface area contributed by atoms with Crippen molar-refractivity contribution in [2.75, 3.05) is 19.6 Å². The monoisotopic (exact) mass is 355 g/mol. The van der Waals surface area contributed by atoms with E-state index >= 15 is 0 Å². The van der Waals surface area contributed by atoms with Gasteiger partial charge in [-0.1, -0.05) is 41.7 Å². The average Bonchev–Trinajstić information content (AvgIpc) is 3.08. The van der Waals surface area contributed by atoms with E-state index in [1.807, 2.05) is 35.8 Å². The standard InChI is InChI=1S/C18H21N5OS/c1-13-22-23-10-15(21-17(23)25-13)7-8-20-16(24)18(11-19-12-18)9-14-5-3-2-4-6-14/h2-6,10,19H,7-9,11-12H2,1H3,(H,20,24). The van der Waals surface area contributed by atoms with Crippen LogP contribution in [0.4, 0.5) is 0 Å². The fourth-order valence-electron chi connectivity index (χ4n) is 3.24. The lowest BCUT2D eigenvalue weighted by atomic mass is 9.75. The number of fused-ring (bicyclic) bond motifs is 1. The van der Waals surface area contributed by atoms with E-state index in [0.29, 0.717) is 6.54 Å². The quantitative estimate of drug-likeness (QED) is 0.704. The molecule has 4 rings (SSSR count). The Bertz CT molecular complexity index is 850. The zero-order valence-electron chi connectivity index (χ0n) is 14.2. The molecular formula is C18H21N5OS. The largest absolute Gasteiger partial charge is 0.355 e. The van der Waals surface area contributed by atoms with E-state index in [4.69, 9.17) is 0 Å². The first-order valence-electron chi connectivity index (χ1n) is 8.49. The first kappa shape index (κ1) is 16.2. The second-order valence-corrected chi connectivity index (χ2v) is 7.79. The molecule has 3 aromatic rings. The van der Waals surface area contributed by atoms with E-state index in [1.165, 1.54) is 5.56 Å². The number of amides is 1. The Balaban J connectivity index is 1.34. The van der Waals surface area contributed by atoms with Gasteiger partial charge in [0.1, 0.15) is 5.01 Å². The van der Waals surface area contributed by atoms with E-state index in [1.54, 1.807) is 11.3 Å². The fraction of sp³-hybridized carbons (Fsp3) is 0.389. The minimum absolute atomic E-state index is 0.130. The van der Waals surface area contributed by atoms with Gasteiger partial charge in [-0.2, -0.15) is 5.10 Å². The molecule has 7 heteroatoms. The average molecular weight is 355 g/mol. The summed E-state index contributed by atoms with van der Waals surface area (Å²) >= 11 is 1.58. The maximum atomic E-state index is 12.7. The van der Waals surface area contributed by atoms with Gasteiger partial charge in [0.15, 0.2) is 0 Å². The number of benzene rings is 1. The molecule has 1 amide bonds. The predicted octanol–water partition coefficient (Wildman–Crippen LogP) is 1.59. The molecule has 1 fully saturated rings. The number of carbonyl (C=O) groups is 1. The Hall–Kier alpha value is -2.25. The van der Waals surface area contributed by atoms with E-state index in [9.17, 15) is 4.79 Å². The molecule has 2 aromatic heterocycles. The summed E-state index contributed by atoms with van der Waals surface area (Å²) in [7, 11) is 0. The molecular weight excluding hydrogens is 334 g/mol. The summed E-state index contributed by atoms with van der Waals surface area (Å²) < 4.78 is 1.81. The molecule has 1 aliphatic heterocycles. The highest BCUT2D eigenvalue weighted by atomic mass is 32.1. The maximum absolute atomic E-state index is 12.7. The molecule has 2 N–H and O–H groups in total. The summed E-state index contributed by atoms with van der Waals surface area (Å²) in [5, 5.41) is 11.7. The summed E-state index contributed by atoms with van der Waals surface area (Å²) in [5.74, 6) is 0.130. The van der Waals surface area contributed by atoms with Crippen LogP contribution < -0.4 is 10.6 Å². The second kappa shape index (κ2) is 6.57. The van der Waals surface area contributed by atoms with Gasteiger partial charge in [0.25, 0.3) is 0 Å².